The number of imidazole rings is 1. The van der Waals surface area contributed by atoms with E-state index in [2.05, 4.69) is 63.0 Å². The van der Waals surface area contributed by atoms with E-state index in [0.29, 0.717) is 0 Å². The lowest BCUT2D eigenvalue weighted by Gasteiger charge is -2.12. The van der Waals surface area contributed by atoms with Crippen LogP contribution in [0.15, 0.2) is 28.9 Å². The molecule has 1 N–H and O–H groups in total. The molecule has 0 saturated carbocycles. The minimum absolute atomic E-state index is 0.923. The van der Waals surface area contributed by atoms with E-state index in [9.17, 15) is 0 Å². The standard InChI is InChI=1S/C15H20BrN3/c1-4-5-9-19-10-11(2)17-15(19)18-14-8-6-7-13(16)12(14)3/h6-8,10H,4-5,9H2,1-3H3,(H,17,18). The van der Waals surface area contributed by atoms with E-state index in [1.54, 1.807) is 0 Å². The van der Waals surface area contributed by atoms with Gasteiger partial charge >= 0.3 is 0 Å². The minimum atomic E-state index is 0.923. The van der Waals surface area contributed by atoms with Gasteiger partial charge in [0.05, 0.1) is 5.69 Å². The summed E-state index contributed by atoms with van der Waals surface area (Å²) in [5, 5.41) is 3.43. The Morgan fingerprint density at radius 2 is 2.11 bits per heavy atom. The van der Waals surface area contributed by atoms with Crippen molar-refractivity contribution < 1.29 is 0 Å². The second-order valence-electron chi connectivity index (χ2n) is 4.79. The molecule has 0 amide bonds. The molecule has 1 heterocycles. The summed E-state index contributed by atoms with van der Waals surface area (Å²) >= 11 is 3.56. The lowest BCUT2D eigenvalue weighted by molar-refractivity contribution is 0.637. The molecule has 1 aromatic heterocycles. The fourth-order valence-corrected chi connectivity index (χ4v) is 2.38. The predicted molar refractivity (Wildman–Crippen MR) is 84.0 cm³/mol. The molecule has 0 radical (unpaired) electrons. The molecule has 0 aliphatic rings. The maximum atomic E-state index is 4.57. The van der Waals surface area contributed by atoms with Crippen LogP contribution in [0.4, 0.5) is 11.6 Å². The van der Waals surface area contributed by atoms with E-state index in [4.69, 9.17) is 0 Å². The smallest absolute Gasteiger partial charge is 0.207 e. The lowest BCUT2D eigenvalue weighted by atomic mass is 10.2. The van der Waals surface area contributed by atoms with Crippen LogP contribution in [-0.4, -0.2) is 9.55 Å². The number of aromatic nitrogens is 2. The molecule has 4 heteroatoms. The van der Waals surface area contributed by atoms with Gasteiger partial charge in [0.25, 0.3) is 0 Å². The Balaban J connectivity index is 2.25. The van der Waals surface area contributed by atoms with Crippen molar-refractivity contribution in [3.05, 3.63) is 40.1 Å². The maximum absolute atomic E-state index is 4.57. The predicted octanol–water partition coefficient (Wildman–Crippen LogP) is 4.81. The van der Waals surface area contributed by atoms with Crippen LogP contribution in [0.3, 0.4) is 0 Å². The molecular formula is C15H20BrN3. The Morgan fingerprint density at radius 3 is 2.84 bits per heavy atom. The molecule has 2 aromatic rings. The summed E-state index contributed by atoms with van der Waals surface area (Å²) in [6.45, 7) is 7.34. The highest BCUT2D eigenvalue weighted by atomic mass is 79.9. The van der Waals surface area contributed by atoms with Crippen molar-refractivity contribution in [1.82, 2.24) is 9.55 Å². The van der Waals surface area contributed by atoms with E-state index in [1.165, 1.54) is 18.4 Å². The van der Waals surface area contributed by atoms with Gasteiger partial charge < -0.3 is 9.88 Å². The molecular weight excluding hydrogens is 302 g/mol. The molecule has 0 saturated heterocycles. The third kappa shape index (κ3) is 3.38. The fraction of sp³-hybridized carbons (Fsp3) is 0.400. The number of hydrogen-bond donors (Lipinski definition) is 1. The van der Waals surface area contributed by atoms with Gasteiger partial charge in [-0.1, -0.05) is 35.3 Å². The molecule has 0 bridgehead atoms. The molecule has 0 unspecified atom stereocenters. The Morgan fingerprint density at radius 1 is 1.32 bits per heavy atom. The molecule has 0 fully saturated rings. The Bertz CT molecular complexity index is 561. The number of anilines is 2. The Kier molecular flexibility index (Phi) is 4.64. The minimum Gasteiger partial charge on any atom is -0.325 e. The number of rotatable bonds is 5. The number of aryl methyl sites for hydroxylation is 2. The van der Waals surface area contributed by atoms with Gasteiger partial charge in [-0.25, -0.2) is 4.98 Å². The molecule has 3 nitrogen and oxygen atoms in total. The maximum Gasteiger partial charge on any atom is 0.207 e. The SMILES string of the molecule is CCCCn1cc(C)nc1Nc1cccc(Br)c1C. The van der Waals surface area contributed by atoms with Gasteiger partial charge in [0.15, 0.2) is 0 Å². The highest BCUT2D eigenvalue weighted by Crippen LogP contribution is 2.26. The summed E-state index contributed by atoms with van der Waals surface area (Å²) in [6.07, 6.45) is 4.46. The van der Waals surface area contributed by atoms with Gasteiger partial charge in [-0.2, -0.15) is 0 Å². The zero-order valence-electron chi connectivity index (χ0n) is 11.7. The van der Waals surface area contributed by atoms with Crippen LogP contribution < -0.4 is 5.32 Å². The van der Waals surface area contributed by atoms with Gasteiger partial charge in [0, 0.05) is 22.9 Å². The molecule has 0 atom stereocenters. The summed E-state index contributed by atoms with van der Waals surface area (Å²) in [5.74, 6) is 0.923. The normalized spacial score (nSPS) is 10.7. The molecule has 0 spiro atoms. The first-order chi connectivity index (χ1) is 9.11. The molecule has 2 rings (SSSR count). The van der Waals surface area contributed by atoms with E-state index in [0.717, 1.165) is 28.3 Å². The number of halogens is 1. The van der Waals surface area contributed by atoms with Crippen molar-refractivity contribution in [2.24, 2.45) is 0 Å². The average Bonchev–Trinajstić information content (AvgIpc) is 2.73. The summed E-state index contributed by atoms with van der Waals surface area (Å²) in [5.41, 5.74) is 3.34. The largest absolute Gasteiger partial charge is 0.325 e. The first-order valence-corrected chi connectivity index (χ1v) is 7.47. The van der Waals surface area contributed by atoms with Crippen molar-refractivity contribution in [2.45, 2.75) is 40.2 Å². The van der Waals surface area contributed by atoms with Gasteiger partial charge in [0.1, 0.15) is 0 Å². The van der Waals surface area contributed by atoms with Crippen molar-refractivity contribution in [1.29, 1.82) is 0 Å². The van der Waals surface area contributed by atoms with E-state index in [-0.39, 0.29) is 0 Å². The van der Waals surface area contributed by atoms with Crippen LogP contribution in [0, 0.1) is 13.8 Å². The van der Waals surface area contributed by atoms with Gasteiger partial charge in [-0.3, -0.25) is 0 Å². The molecule has 0 aliphatic heterocycles. The first kappa shape index (κ1) is 14.1. The van der Waals surface area contributed by atoms with Crippen molar-refractivity contribution >= 4 is 27.6 Å². The number of unbranched alkanes of at least 4 members (excludes halogenated alkanes) is 1. The zero-order chi connectivity index (χ0) is 13.8. The average molecular weight is 322 g/mol. The number of hydrogen-bond acceptors (Lipinski definition) is 2. The molecule has 1 aromatic carbocycles. The third-order valence-corrected chi connectivity index (χ3v) is 4.02. The second-order valence-corrected chi connectivity index (χ2v) is 5.64. The number of nitrogens with one attached hydrogen (secondary N) is 1. The van der Waals surface area contributed by atoms with Crippen LogP contribution in [0.2, 0.25) is 0 Å². The van der Waals surface area contributed by atoms with Crippen LogP contribution in [-0.2, 0) is 6.54 Å². The number of nitrogens with zero attached hydrogens (tertiary/aromatic N) is 2. The number of benzene rings is 1. The molecule has 19 heavy (non-hydrogen) atoms. The quantitative estimate of drug-likeness (QED) is 0.856. The summed E-state index contributed by atoms with van der Waals surface area (Å²) in [4.78, 5) is 4.57. The van der Waals surface area contributed by atoms with Crippen LogP contribution in [0.5, 0.6) is 0 Å². The van der Waals surface area contributed by atoms with E-state index in [1.807, 2.05) is 13.0 Å². The van der Waals surface area contributed by atoms with Crippen LogP contribution in [0.1, 0.15) is 31.0 Å². The second kappa shape index (κ2) is 6.24. The fourth-order valence-electron chi connectivity index (χ4n) is 2.01. The van der Waals surface area contributed by atoms with E-state index >= 15 is 0 Å². The van der Waals surface area contributed by atoms with Crippen molar-refractivity contribution in [3.63, 3.8) is 0 Å². The van der Waals surface area contributed by atoms with Crippen molar-refractivity contribution in [2.75, 3.05) is 5.32 Å². The summed E-state index contributed by atoms with van der Waals surface area (Å²) < 4.78 is 3.31. The van der Waals surface area contributed by atoms with E-state index < -0.39 is 0 Å². The monoisotopic (exact) mass is 321 g/mol. The highest BCUT2D eigenvalue weighted by molar-refractivity contribution is 9.10. The highest BCUT2D eigenvalue weighted by Gasteiger charge is 2.08. The van der Waals surface area contributed by atoms with Crippen LogP contribution in [0.25, 0.3) is 0 Å². The Hall–Kier alpha value is -1.29. The Labute approximate surface area is 123 Å². The summed E-state index contributed by atoms with van der Waals surface area (Å²) in [7, 11) is 0. The third-order valence-electron chi connectivity index (χ3n) is 3.16. The van der Waals surface area contributed by atoms with Crippen LogP contribution >= 0.6 is 15.9 Å². The van der Waals surface area contributed by atoms with Gasteiger partial charge in [-0.15, -0.1) is 0 Å². The van der Waals surface area contributed by atoms with Gasteiger partial charge in [0.2, 0.25) is 5.95 Å². The lowest BCUT2D eigenvalue weighted by Crippen LogP contribution is -2.04. The molecule has 102 valence electrons. The van der Waals surface area contributed by atoms with Crippen molar-refractivity contribution in [3.8, 4) is 0 Å². The zero-order valence-corrected chi connectivity index (χ0v) is 13.3. The topological polar surface area (TPSA) is 29.9 Å². The van der Waals surface area contributed by atoms with Gasteiger partial charge in [-0.05, 0) is 38.0 Å². The molecule has 0 aliphatic carbocycles. The summed E-state index contributed by atoms with van der Waals surface area (Å²) in [6, 6.07) is 6.16. The first-order valence-electron chi connectivity index (χ1n) is 6.67.